The SMILES string of the molecule is Cc1ccc(-c2nn(-c3cccc(Cl)c3)cc2N)cc1F. The number of rotatable bonds is 2. The van der Waals surface area contributed by atoms with E-state index in [1.54, 1.807) is 42.1 Å². The zero-order valence-corrected chi connectivity index (χ0v) is 12.1. The van der Waals surface area contributed by atoms with Crippen molar-refractivity contribution in [3.05, 3.63) is 65.1 Å². The number of aromatic nitrogens is 2. The second-order valence-corrected chi connectivity index (χ2v) is 5.26. The van der Waals surface area contributed by atoms with Gasteiger partial charge in [-0.3, -0.25) is 0 Å². The molecule has 0 saturated carbocycles. The summed E-state index contributed by atoms with van der Waals surface area (Å²) in [7, 11) is 0. The van der Waals surface area contributed by atoms with Gasteiger partial charge in [0.15, 0.2) is 0 Å². The summed E-state index contributed by atoms with van der Waals surface area (Å²) in [4.78, 5) is 0. The first-order valence-corrected chi connectivity index (χ1v) is 6.80. The van der Waals surface area contributed by atoms with Crippen molar-refractivity contribution in [1.29, 1.82) is 0 Å². The number of nitrogens with zero attached hydrogens (tertiary/aromatic N) is 2. The first-order valence-electron chi connectivity index (χ1n) is 6.42. The van der Waals surface area contributed by atoms with Crippen LogP contribution in [0, 0.1) is 12.7 Å². The van der Waals surface area contributed by atoms with Crippen LogP contribution in [0.5, 0.6) is 0 Å². The summed E-state index contributed by atoms with van der Waals surface area (Å²) in [6.07, 6.45) is 1.69. The van der Waals surface area contributed by atoms with Gasteiger partial charge in [0.2, 0.25) is 0 Å². The average molecular weight is 302 g/mol. The van der Waals surface area contributed by atoms with E-state index in [1.807, 2.05) is 12.1 Å². The Morgan fingerprint density at radius 1 is 1.19 bits per heavy atom. The van der Waals surface area contributed by atoms with Gasteiger partial charge in [0.25, 0.3) is 0 Å². The predicted octanol–water partition coefficient (Wildman–Crippen LogP) is 4.22. The third kappa shape index (κ3) is 2.62. The summed E-state index contributed by atoms with van der Waals surface area (Å²) >= 11 is 5.97. The van der Waals surface area contributed by atoms with Gasteiger partial charge in [-0.2, -0.15) is 5.10 Å². The third-order valence-electron chi connectivity index (χ3n) is 3.26. The zero-order valence-electron chi connectivity index (χ0n) is 11.3. The Balaban J connectivity index is 2.07. The van der Waals surface area contributed by atoms with E-state index in [1.165, 1.54) is 6.07 Å². The van der Waals surface area contributed by atoms with Crippen LogP contribution >= 0.6 is 11.6 Å². The quantitative estimate of drug-likeness (QED) is 0.770. The van der Waals surface area contributed by atoms with Gasteiger partial charge < -0.3 is 5.73 Å². The molecule has 0 atom stereocenters. The molecule has 0 saturated heterocycles. The van der Waals surface area contributed by atoms with Crippen LogP contribution in [-0.4, -0.2) is 9.78 Å². The van der Waals surface area contributed by atoms with E-state index in [0.29, 0.717) is 27.5 Å². The van der Waals surface area contributed by atoms with E-state index in [9.17, 15) is 4.39 Å². The van der Waals surface area contributed by atoms with E-state index >= 15 is 0 Å². The van der Waals surface area contributed by atoms with Gasteiger partial charge in [0, 0.05) is 10.6 Å². The lowest BCUT2D eigenvalue weighted by Crippen LogP contribution is -1.94. The van der Waals surface area contributed by atoms with Gasteiger partial charge >= 0.3 is 0 Å². The molecule has 0 aliphatic rings. The minimum absolute atomic E-state index is 0.274. The summed E-state index contributed by atoms with van der Waals surface area (Å²) < 4.78 is 15.3. The summed E-state index contributed by atoms with van der Waals surface area (Å²) in [6.45, 7) is 1.72. The topological polar surface area (TPSA) is 43.8 Å². The number of hydrogen-bond donors (Lipinski definition) is 1. The first-order chi connectivity index (χ1) is 10.0. The Morgan fingerprint density at radius 3 is 2.71 bits per heavy atom. The Labute approximate surface area is 126 Å². The first kappa shape index (κ1) is 13.6. The van der Waals surface area contributed by atoms with Crippen molar-refractivity contribution in [2.75, 3.05) is 5.73 Å². The molecule has 0 radical (unpaired) electrons. The van der Waals surface area contributed by atoms with Crippen molar-refractivity contribution in [1.82, 2.24) is 9.78 Å². The summed E-state index contributed by atoms with van der Waals surface area (Å²) in [5.74, 6) is -0.274. The van der Waals surface area contributed by atoms with Gasteiger partial charge in [-0.15, -0.1) is 0 Å². The third-order valence-corrected chi connectivity index (χ3v) is 3.50. The molecule has 5 heteroatoms. The molecule has 0 spiro atoms. The lowest BCUT2D eigenvalue weighted by Gasteiger charge is -2.02. The van der Waals surface area contributed by atoms with E-state index in [-0.39, 0.29) is 5.82 Å². The van der Waals surface area contributed by atoms with Crippen LogP contribution in [0.15, 0.2) is 48.7 Å². The number of halogens is 2. The fourth-order valence-corrected chi connectivity index (χ4v) is 2.29. The van der Waals surface area contributed by atoms with Gasteiger partial charge in [0.05, 0.1) is 17.6 Å². The van der Waals surface area contributed by atoms with Crippen LogP contribution in [0.1, 0.15) is 5.56 Å². The molecule has 0 fully saturated rings. The van der Waals surface area contributed by atoms with Crippen molar-refractivity contribution in [2.24, 2.45) is 0 Å². The summed E-state index contributed by atoms with van der Waals surface area (Å²) in [6, 6.07) is 12.2. The molecule has 21 heavy (non-hydrogen) atoms. The molecule has 0 bridgehead atoms. The molecule has 3 rings (SSSR count). The number of hydrogen-bond acceptors (Lipinski definition) is 2. The maximum atomic E-state index is 13.7. The highest BCUT2D eigenvalue weighted by molar-refractivity contribution is 6.30. The molecule has 0 amide bonds. The standard InChI is InChI=1S/C16H13ClFN3/c1-10-5-6-11(7-14(10)18)16-15(19)9-21(20-16)13-4-2-3-12(17)8-13/h2-9H,19H2,1H3. The van der Waals surface area contributed by atoms with Crippen LogP contribution < -0.4 is 5.73 Å². The van der Waals surface area contributed by atoms with Gasteiger partial charge in [-0.05, 0) is 36.8 Å². The number of anilines is 1. The lowest BCUT2D eigenvalue weighted by molar-refractivity contribution is 0.619. The second-order valence-electron chi connectivity index (χ2n) is 4.82. The number of aryl methyl sites for hydroxylation is 1. The van der Waals surface area contributed by atoms with Crippen molar-refractivity contribution in [3.63, 3.8) is 0 Å². The van der Waals surface area contributed by atoms with Crippen LogP contribution in [0.3, 0.4) is 0 Å². The van der Waals surface area contributed by atoms with Crippen molar-refractivity contribution in [3.8, 4) is 16.9 Å². The van der Waals surface area contributed by atoms with Crippen LogP contribution in [-0.2, 0) is 0 Å². The molecule has 0 aliphatic heterocycles. The Kier molecular flexibility index (Phi) is 3.39. The Bertz CT molecular complexity index is 811. The molecule has 2 aromatic carbocycles. The Hall–Kier alpha value is -2.33. The number of nitrogens with two attached hydrogens (primary N) is 1. The van der Waals surface area contributed by atoms with Crippen LogP contribution in [0.4, 0.5) is 10.1 Å². The predicted molar refractivity (Wildman–Crippen MR) is 83.1 cm³/mol. The normalized spacial score (nSPS) is 10.8. The van der Waals surface area contributed by atoms with Gasteiger partial charge in [-0.1, -0.05) is 29.8 Å². The smallest absolute Gasteiger partial charge is 0.126 e. The largest absolute Gasteiger partial charge is 0.396 e. The molecule has 1 heterocycles. The molecular formula is C16H13ClFN3. The minimum Gasteiger partial charge on any atom is -0.396 e. The highest BCUT2D eigenvalue weighted by Crippen LogP contribution is 2.27. The lowest BCUT2D eigenvalue weighted by atomic mass is 10.1. The number of nitrogen functional groups attached to an aromatic ring is 1. The zero-order chi connectivity index (χ0) is 15.0. The molecule has 1 aromatic heterocycles. The Morgan fingerprint density at radius 2 is 2.00 bits per heavy atom. The minimum atomic E-state index is -0.274. The maximum absolute atomic E-state index is 13.7. The molecular weight excluding hydrogens is 289 g/mol. The average Bonchev–Trinajstić information content (AvgIpc) is 2.84. The second kappa shape index (κ2) is 5.22. The molecule has 0 aliphatic carbocycles. The van der Waals surface area contributed by atoms with Crippen LogP contribution in [0.25, 0.3) is 16.9 Å². The van der Waals surface area contributed by atoms with Crippen molar-refractivity contribution < 1.29 is 4.39 Å². The van der Waals surface area contributed by atoms with Gasteiger partial charge in [-0.25, -0.2) is 9.07 Å². The monoisotopic (exact) mass is 301 g/mol. The molecule has 2 N–H and O–H groups in total. The fourth-order valence-electron chi connectivity index (χ4n) is 2.10. The van der Waals surface area contributed by atoms with Gasteiger partial charge in [0.1, 0.15) is 11.5 Å². The van der Waals surface area contributed by atoms with E-state index in [2.05, 4.69) is 5.10 Å². The molecule has 0 unspecified atom stereocenters. The highest BCUT2D eigenvalue weighted by Gasteiger charge is 2.11. The highest BCUT2D eigenvalue weighted by atomic mass is 35.5. The van der Waals surface area contributed by atoms with E-state index in [0.717, 1.165) is 5.69 Å². The molecule has 3 nitrogen and oxygen atoms in total. The number of benzene rings is 2. The summed E-state index contributed by atoms with van der Waals surface area (Å²) in [5.41, 5.74) is 9.07. The van der Waals surface area contributed by atoms with E-state index < -0.39 is 0 Å². The molecule has 106 valence electrons. The van der Waals surface area contributed by atoms with Crippen molar-refractivity contribution in [2.45, 2.75) is 6.92 Å². The summed E-state index contributed by atoms with van der Waals surface area (Å²) in [5, 5.41) is 5.04. The maximum Gasteiger partial charge on any atom is 0.126 e. The fraction of sp³-hybridized carbons (Fsp3) is 0.0625. The van der Waals surface area contributed by atoms with Crippen LogP contribution in [0.2, 0.25) is 5.02 Å². The molecule has 3 aromatic rings. The van der Waals surface area contributed by atoms with E-state index in [4.69, 9.17) is 17.3 Å². The van der Waals surface area contributed by atoms with Crippen molar-refractivity contribution >= 4 is 17.3 Å².